The van der Waals surface area contributed by atoms with Crippen molar-refractivity contribution >= 4 is 0 Å². The molecule has 2 fully saturated rings. The molecule has 2 heteroatoms. The lowest BCUT2D eigenvalue weighted by Gasteiger charge is -2.56. The average molecular weight is 257 g/mol. The molecule has 1 saturated carbocycles. The summed E-state index contributed by atoms with van der Waals surface area (Å²) in [6.45, 7) is 3.17. The summed E-state index contributed by atoms with van der Waals surface area (Å²) in [6, 6.07) is 5.01. The molecule has 4 rings (SSSR count). The van der Waals surface area contributed by atoms with Gasteiger partial charge < -0.3 is 10.4 Å². The number of aryl methyl sites for hydroxylation is 1. The maximum atomic E-state index is 10.1. The molecule has 0 aromatic heterocycles. The molecule has 102 valence electrons. The monoisotopic (exact) mass is 257 g/mol. The van der Waals surface area contributed by atoms with Crippen molar-refractivity contribution in [3.05, 3.63) is 28.8 Å². The van der Waals surface area contributed by atoms with Gasteiger partial charge in [-0.3, -0.25) is 0 Å². The molecule has 1 heterocycles. The van der Waals surface area contributed by atoms with E-state index < -0.39 is 0 Å². The quantitative estimate of drug-likeness (QED) is 0.748. The highest BCUT2D eigenvalue weighted by Crippen LogP contribution is 2.54. The Bertz CT molecular complexity index is 520. The Kier molecular flexibility index (Phi) is 2.47. The second-order valence-electron chi connectivity index (χ2n) is 6.82. The number of piperidine rings is 1. The van der Waals surface area contributed by atoms with Gasteiger partial charge >= 0.3 is 0 Å². The summed E-state index contributed by atoms with van der Waals surface area (Å²) in [5.41, 5.74) is 4.37. The molecule has 2 aliphatic carbocycles. The van der Waals surface area contributed by atoms with Crippen LogP contribution in [0.3, 0.4) is 0 Å². The predicted molar refractivity (Wildman–Crippen MR) is 76.6 cm³/mol. The van der Waals surface area contributed by atoms with Crippen LogP contribution in [-0.2, 0) is 11.8 Å². The zero-order valence-electron chi connectivity index (χ0n) is 11.7. The van der Waals surface area contributed by atoms with Gasteiger partial charge in [-0.2, -0.15) is 0 Å². The molecule has 3 aliphatic rings. The molecule has 2 N–H and O–H groups in total. The number of hydrogen-bond donors (Lipinski definition) is 2. The maximum Gasteiger partial charge on any atom is 0.118 e. The van der Waals surface area contributed by atoms with Crippen molar-refractivity contribution in [1.82, 2.24) is 5.32 Å². The minimum atomic E-state index is 0.368. The van der Waals surface area contributed by atoms with Crippen molar-refractivity contribution in [3.63, 3.8) is 0 Å². The second kappa shape index (κ2) is 3.99. The highest BCUT2D eigenvalue weighted by molar-refractivity contribution is 5.48. The topological polar surface area (TPSA) is 32.3 Å². The van der Waals surface area contributed by atoms with Crippen molar-refractivity contribution in [2.45, 2.75) is 56.9 Å². The van der Waals surface area contributed by atoms with Gasteiger partial charge in [0, 0.05) is 11.5 Å². The molecule has 1 aliphatic heterocycles. The maximum absolute atomic E-state index is 10.1. The van der Waals surface area contributed by atoms with E-state index in [1.165, 1.54) is 43.2 Å². The SMILES string of the molecule is Cc1cc2c(cc1O)C13CCCCC1C(C2)NCC3. The van der Waals surface area contributed by atoms with Gasteiger partial charge in [-0.1, -0.05) is 18.9 Å². The zero-order chi connectivity index (χ0) is 13.0. The summed E-state index contributed by atoms with van der Waals surface area (Å²) in [4.78, 5) is 0. The van der Waals surface area contributed by atoms with Crippen LogP contribution in [0.1, 0.15) is 48.8 Å². The van der Waals surface area contributed by atoms with E-state index in [1.807, 2.05) is 6.92 Å². The summed E-state index contributed by atoms with van der Waals surface area (Å²) in [5.74, 6) is 1.29. The van der Waals surface area contributed by atoms with E-state index in [9.17, 15) is 5.11 Å². The first-order valence-electron chi connectivity index (χ1n) is 7.77. The molecule has 2 nitrogen and oxygen atoms in total. The minimum absolute atomic E-state index is 0.368. The van der Waals surface area contributed by atoms with E-state index in [-0.39, 0.29) is 0 Å². The summed E-state index contributed by atoms with van der Waals surface area (Å²) in [6.07, 6.45) is 7.85. The third-order valence-electron chi connectivity index (χ3n) is 5.96. The van der Waals surface area contributed by atoms with E-state index in [0.29, 0.717) is 17.2 Å². The molecule has 1 saturated heterocycles. The Morgan fingerprint density at radius 2 is 2.16 bits per heavy atom. The number of aromatic hydroxyl groups is 1. The highest BCUT2D eigenvalue weighted by Gasteiger charge is 2.51. The van der Waals surface area contributed by atoms with Crippen LogP contribution >= 0.6 is 0 Å². The van der Waals surface area contributed by atoms with E-state index in [2.05, 4.69) is 17.4 Å². The number of nitrogens with one attached hydrogen (secondary N) is 1. The average Bonchev–Trinajstić information content (AvgIpc) is 2.41. The smallest absolute Gasteiger partial charge is 0.118 e. The lowest BCUT2D eigenvalue weighted by Crippen LogP contribution is -2.59. The summed E-state index contributed by atoms with van der Waals surface area (Å²) < 4.78 is 0. The van der Waals surface area contributed by atoms with Crippen LogP contribution in [0.15, 0.2) is 12.1 Å². The van der Waals surface area contributed by atoms with Gasteiger partial charge in [0.25, 0.3) is 0 Å². The Hall–Kier alpha value is -1.02. The van der Waals surface area contributed by atoms with Gasteiger partial charge in [-0.25, -0.2) is 0 Å². The fourth-order valence-corrected chi connectivity index (χ4v) is 5.10. The number of fused-ring (bicyclic) bond motifs is 1. The molecule has 0 spiro atoms. The summed E-state index contributed by atoms with van der Waals surface area (Å²) in [7, 11) is 0. The van der Waals surface area contributed by atoms with Crippen molar-refractivity contribution in [2.24, 2.45) is 5.92 Å². The highest BCUT2D eigenvalue weighted by atomic mass is 16.3. The lowest BCUT2D eigenvalue weighted by molar-refractivity contribution is 0.0795. The van der Waals surface area contributed by atoms with Crippen LogP contribution in [0.5, 0.6) is 5.75 Å². The molecular weight excluding hydrogens is 234 g/mol. The van der Waals surface area contributed by atoms with Crippen molar-refractivity contribution in [3.8, 4) is 5.75 Å². The third-order valence-corrected chi connectivity index (χ3v) is 5.96. The number of benzene rings is 1. The molecule has 3 atom stereocenters. The first-order chi connectivity index (χ1) is 9.21. The molecule has 0 radical (unpaired) electrons. The number of hydrogen-bond acceptors (Lipinski definition) is 2. The standard InChI is InChI=1S/C17H23NO/c1-11-8-12-9-15-13-4-2-3-5-17(13,6-7-18-15)14(12)10-16(11)19/h8,10,13,15,18-19H,2-7,9H2,1H3. The lowest BCUT2D eigenvalue weighted by atomic mass is 9.52. The van der Waals surface area contributed by atoms with Gasteiger partial charge in [-0.15, -0.1) is 0 Å². The third kappa shape index (κ3) is 1.53. The van der Waals surface area contributed by atoms with E-state index in [4.69, 9.17) is 0 Å². The molecule has 2 bridgehead atoms. The Morgan fingerprint density at radius 3 is 3.05 bits per heavy atom. The Labute approximate surface area is 115 Å². The van der Waals surface area contributed by atoms with Crippen LogP contribution in [0.25, 0.3) is 0 Å². The first-order valence-corrected chi connectivity index (χ1v) is 7.77. The van der Waals surface area contributed by atoms with Gasteiger partial charge in [0.2, 0.25) is 0 Å². The molecule has 19 heavy (non-hydrogen) atoms. The fourth-order valence-electron chi connectivity index (χ4n) is 5.10. The van der Waals surface area contributed by atoms with Gasteiger partial charge in [0.15, 0.2) is 0 Å². The van der Waals surface area contributed by atoms with Crippen molar-refractivity contribution in [2.75, 3.05) is 6.54 Å². The normalized spacial score (nSPS) is 36.5. The van der Waals surface area contributed by atoms with Gasteiger partial charge in [-0.05, 0) is 67.8 Å². The van der Waals surface area contributed by atoms with Crippen LogP contribution in [0.4, 0.5) is 0 Å². The van der Waals surface area contributed by atoms with Gasteiger partial charge in [0.1, 0.15) is 5.75 Å². The second-order valence-corrected chi connectivity index (χ2v) is 6.82. The zero-order valence-corrected chi connectivity index (χ0v) is 11.7. The molecular formula is C17H23NO. The summed E-state index contributed by atoms with van der Waals surface area (Å²) in [5, 5.41) is 13.9. The number of phenolic OH excluding ortho intramolecular Hbond substituents is 1. The Balaban J connectivity index is 1.92. The van der Waals surface area contributed by atoms with Crippen LogP contribution < -0.4 is 5.32 Å². The molecule has 0 amide bonds. The number of phenols is 1. The van der Waals surface area contributed by atoms with Crippen molar-refractivity contribution in [1.29, 1.82) is 0 Å². The van der Waals surface area contributed by atoms with Crippen LogP contribution in [-0.4, -0.2) is 17.7 Å². The van der Waals surface area contributed by atoms with E-state index in [1.54, 1.807) is 0 Å². The Morgan fingerprint density at radius 1 is 1.26 bits per heavy atom. The minimum Gasteiger partial charge on any atom is -0.508 e. The molecule has 1 aromatic rings. The van der Waals surface area contributed by atoms with Crippen LogP contribution in [0, 0.1) is 12.8 Å². The van der Waals surface area contributed by atoms with Gasteiger partial charge in [0.05, 0.1) is 0 Å². The molecule has 3 unspecified atom stereocenters. The van der Waals surface area contributed by atoms with E-state index in [0.717, 1.165) is 24.4 Å². The molecule has 1 aromatic carbocycles. The van der Waals surface area contributed by atoms with E-state index >= 15 is 0 Å². The fraction of sp³-hybridized carbons (Fsp3) is 0.647. The first kappa shape index (κ1) is 11.8. The van der Waals surface area contributed by atoms with Crippen molar-refractivity contribution < 1.29 is 5.11 Å². The predicted octanol–water partition coefficient (Wildman–Crippen LogP) is 3.05. The van der Waals surface area contributed by atoms with Crippen LogP contribution in [0.2, 0.25) is 0 Å². The summed E-state index contributed by atoms with van der Waals surface area (Å²) >= 11 is 0. The largest absolute Gasteiger partial charge is 0.508 e. The number of rotatable bonds is 0.